The first-order valence-electron chi connectivity index (χ1n) is 7.76. The van der Waals surface area contributed by atoms with E-state index in [-0.39, 0.29) is 11.1 Å². The molecule has 0 radical (unpaired) electrons. The highest BCUT2D eigenvalue weighted by Crippen LogP contribution is 2.23. The number of rotatable bonds is 10. The molecule has 2 nitrogen and oxygen atoms in total. The predicted octanol–water partition coefficient (Wildman–Crippen LogP) is 3.00. The summed E-state index contributed by atoms with van der Waals surface area (Å²) in [6.45, 7) is 8.83. The predicted molar refractivity (Wildman–Crippen MR) is 85.8 cm³/mol. The van der Waals surface area contributed by atoms with E-state index < -0.39 is 0 Å². The van der Waals surface area contributed by atoms with E-state index in [2.05, 4.69) is 35.5 Å². The molecule has 0 aromatic heterocycles. The van der Waals surface area contributed by atoms with Crippen LogP contribution in [-0.4, -0.2) is 18.9 Å². The molecule has 0 spiro atoms. The normalized spacial score (nSPS) is 20.1. The van der Waals surface area contributed by atoms with E-state index in [1.54, 1.807) is 0 Å². The fraction of sp³-hybridized carbons (Fsp3) is 1.00. The molecule has 4 N–H and O–H groups in total. The van der Waals surface area contributed by atoms with Crippen molar-refractivity contribution in [1.29, 1.82) is 0 Å². The van der Waals surface area contributed by atoms with Crippen LogP contribution >= 0.6 is 0 Å². The zero-order valence-electron chi connectivity index (χ0n) is 13.4. The Kier molecular flexibility index (Phi) is 8.21. The van der Waals surface area contributed by atoms with Crippen LogP contribution in [0.15, 0.2) is 0 Å². The first kappa shape index (κ1) is 18.0. The Morgan fingerprint density at radius 1 is 0.944 bits per heavy atom. The lowest BCUT2D eigenvalue weighted by Gasteiger charge is -2.27. The molecule has 18 heavy (non-hydrogen) atoms. The summed E-state index contributed by atoms with van der Waals surface area (Å²) in [5.41, 5.74) is 12.6. The van der Waals surface area contributed by atoms with Crippen molar-refractivity contribution in [2.45, 2.75) is 96.0 Å². The van der Waals surface area contributed by atoms with Crippen molar-refractivity contribution < 1.29 is 0 Å². The molecule has 0 aliphatic rings. The van der Waals surface area contributed by atoms with E-state index in [0.717, 1.165) is 25.7 Å². The monoisotopic (exact) mass is 254 g/mol. The van der Waals surface area contributed by atoms with Gasteiger partial charge in [-0.1, -0.05) is 45.3 Å². The molecule has 0 aromatic carbocycles. The van der Waals surface area contributed by atoms with Gasteiger partial charge in [0.2, 0.25) is 0 Å². The van der Waals surface area contributed by atoms with Gasteiger partial charge in [0.25, 0.3) is 0 Å². The Hall–Kier alpha value is -0.0151. The lowest BCUT2D eigenvalue weighted by atomic mass is 9.77. The molecule has 0 bridgehead atoms. The van der Waals surface area contributed by atoms with Gasteiger partial charge in [-0.15, -0.1) is 0 Å². The smallest absolute Gasteiger partial charge is 0.105 e. The van der Waals surface area contributed by atoms with Gasteiger partial charge < -0.3 is 11.5 Å². The number of unbranched alkanes of at least 4 members (excludes halogenated alkanes) is 2. The summed E-state index contributed by atoms with van der Waals surface area (Å²) in [4.78, 5) is 0. The molecule has 0 aliphatic heterocycles. The third-order valence-electron chi connectivity index (χ3n) is 3.69. The lowest BCUT2D eigenvalue weighted by Crippen LogP contribution is -2.37. The van der Waals surface area contributed by atoms with Gasteiger partial charge in [-0.3, -0.25) is 0 Å². The highest BCUT2D eigenvalue weighted by molar-refractivity contribution is 6.11. The summed E-state index contributed by atoms with van der Waals surface area (Å²) in [6, 6.07) is 0. The van der Waals surface area contributed by atoms with Crippen molar-refractivity contribution in [2.75, 3.05) is 0 Å². The minimum Gasteiger partial charge on any atom is -0.325 e. The molecule has 0 saturated heterocycles. The van der Waals surface area contributed by atoms with Gasteiger partial charge in [0, 0.05) is 11.1 Å². The van der Waals surface area contributed by atoms with Gasteiger partial charge in [0.15, 0.2) is 0 Å². The lowest BCUT2D eigenvalue weighted by molar-refractivity contribution is 0.353. The first-order valence-corrected chi connectivity index (χ1v) is 7.76. The first-order chi connectivity index (χ1) is 8.18. The topological polar surface area (TPSA) is 52.0 Å². The second-order valence-electron chi connectivity index (χ2n) is 7.22. The molecule has 0 aromatic rings. The van der Waals surface area contributed by atoms with Gasteiger partial charge in [0.1, 0.15) is 7.85 Å². The maximum Gasteiger partial charge on any atom is 0.105 e. The molecule has 0 fully saturated rings. The summed E-state index contributed by atoms with van der Waals surface area (Å²) in [6.07, 6.45) is 9.47. The Morgan fingerprint density at radius 3 is 1.89 bits per heavy atom. The van der Waals surface area contributed by atoms with E-state index in [9.17, 15) is 0 Å². The second-order valence-corrected chi connectivity index (χ2v) is 7.22. The van der Waals surface area contributed by atoms with Gasteiger partial charge in [0.05, 0.1) is 0 Å². The molecule has 3 heteroatoms. The maximum atomic E-state index is 6.31. The highest BCUT2D eigenvalue weighted by Gasteiger charge is 2.20. The van der Waals surface area contributed by atoms with Crippen molar-refractivity contribution in [3.05, 3.63) is 0 Å². The Balaban J connectivity index is 3.68. The molecule has 0 aliphatic carbocycles. The largest absolute Gasteiger partial charge is 0.325 e. The molecular formula is C15H35BN2. The summed E-state index contributed by atoms with van der Waals surface area (Å²) in [7, 11) is 2.25. The second kappa shape index (κ2) is 8.21. The fourth-order valence-corrected chi connectivity index (χ4v) is 2.97. The zero-order valence-corrected chi connectivity index (χ0v) is 13.4. The van der Waals surface area contributed by atoms with E-state index in [0.29, 0.717) is 5.82 Å². The van der Waals surface area contributed by atoms with Gasteiger partial charge >= 0.3 is 0 Å². The van der Waals surface area contributed by atoms with Crippen LogP contribution < -0.4 is 11.5 Å². The van der Waals surface area contributed by atoms with Crippen LogP contribution in [0.3, 0.4) is 0 Å². The molecular weight excluding hydrogens is 219 g/mol. The minimum atomic E-state index is 0.0175. The average Bonchev–Trinajstić information content (AvgIpc) is 2.14. The Bertz CT molecular complexity index is 213. The maximum absolute atomic E-state index is 6.31. The summed E-state index contributed by atoms with van der Waals surface area (Å²) >= 11 is 0. The van der Waals surface area contributed by atoms with Gasteiger partial charge in [-0.05, 0) is 39.5 Å². The third kappa shape index (κ3) is 9.96. The summed E-state index contributed by atoms with van der Waals surface area (Å²) in [5.74, 6) is 0.692. The van der Waals surface area contributed by atoms with Crippen molar-refractivity contribution in [1.82, 2.24) is 0 Å². The summed E-state index contributed by atoms with van der Waals surface area (Å²) < 4.78 is 0. The SMILES string of the molecule is BC(C)CC(C)(N)CCCCCC(C)(N)CCC. The van der Waals surface area contributed by atoms with Crippen molar-refractivity contribution >= 4 is 7.85 Å². The third-order valence-corrected chi connectivity index (χ3v) is 3.69. The molecule has 0 rings (SSSR count). The molecule has 3 atom stereocenters. The van der Waals surface area contributed by atoms with Gasteiger partial charge in [-0.25, -0.2) is 0 Å². The van der Waals surface area contributed by atoms with Crippen LogP contribution in [0.5, 0.6) is 0 Å². The van der Waals surface area contributed by atoms with E-state index in [1.807, 2.05) is 0 Å². The van der Waals surface area contributed by atoms with Crippen LogP contribution in [0, 0.1) is 0 Å². The van der Waals surface area contributed by atoms with E-state index in [1.165, 1.54) is 25.7 Å². The highest BCUT2D eigenvalue weighted by atomic mass is 14.7. The standard InChI is InChI=1S/C15H35BN2/c1-5-9-14(3,17)10-7-6-8-11-15(4,18)12-13(2)16/h13H,5-12,16-18H2,1-4H3. The Morgan fingerprint density at radius 2 is 1.44 bits per heavy atom. The quantitative estimate of drug-likeness (QED) is 0.465. The van der Waals surface area contributed by atoms with Crippen LogP contribution in [0.2, 0.25) is 5.82 Å². The Labute approximate surface area is 116 Å². The molecule has 0 saturated carbocycles. The molecule has 0 heterocycles. The number of hydrogen-bond acceptors (Lipinski definition) is 2. The molecule has 108 valence electrons. The van der Waals surface area contributed by atoms with Gasteiger partial charge in [-0.2, -0.15) is 0 Å². The van der Waals surface area contributed by atoms with E-state index >= 15 is 0 Å². The van der Waals surface area contributed by atoms with Crippen molar-refractivity contribution in [3.63, 3.8) is 0 Å². The zero-order chi connectivity index (χ0) is 14.2. The number of nitrogens with two attached hydrogens (primary N) is 2. The van der Waals surface area contributed by atoms with Crippen LogP contribution in [-0.2, 0) is 0 Å². The summed E-state index contributed by atoms with van der Waals surface area (Å²) in [5, 5.41) is 0. The van der Waals surface area contributed by atoms with Crippen molar-refractivity contribution in [2.24, 2.45) is 11.5 Å². The minimum absolute atomic E-state index is 0.0175. The van der Waals surface area contributed by atoms with Crippen molar-refractivity contribution in [3.8, 4) is 0 Å². The number of hydrogen-bond donors (Lipinski definition) is 2. The molecule has 0 amide bonds. The van der Waals surface area contributed by atoms with Crippen LogP contribution in [0.1, 0.15) is 79.1 Å². The molecule has 3 unspecified atom stereocenters. The average molecular weight is 254 g/mol. The van der Waals surface area contributed by atoms with Crippen LogP contribution in [0.4, 0.5) is 0 Å². The van der Waals surface area contributed by atoms with Crippen LogP contribution in [0.25, 0.3) is 0 Å². The fourth-order valence-electron chi connectivity index (χ4n) is 2.97. The van der Waals surface area contributed by atoms with E-state index in [4.69, 9.17) is 11.5 Å².